The van der Waals surface area contributed by atoms with Crippen LogP contribution in [0.3, 0.4) is 0 Å². The summed E-state index contributed by atoms with van der Waals surface area (Å²) >= 11 is 0. The van der Waals surface area contributed by atoms with E-state index in [4.69, 9.17) is 5.21 Å². The summed E-state index contributed by atoms with van der Waals surface area (Å²) in [6.07, 6.45) is 1.22. The second-order valence-electron chi connectivity index (χ2n) is 6.06. The zero-order valence-electron chi connectivity index (χ0n) is 13.8. The van der Waals surface area contributed by atoms with Gasteiger partial charge in [-0.1, -0.05) is 30.3 Å². The summed E-state index contributed by atoms with van der Waals surface area (Å²) in [5.41, 5.74) is 3.68. The molecule has 0 bridgehead atoms. The Hall–Kier alpha value is -2.70. The van der Waals surface area contributed by atoms with Crippen molar-refractivity contribution in [2.75, 3.05) is 18.0 Å². The molecule has 1 saturated heterocycles. The van der Waals surface area contributed by atoms with Crippen LogP contribution < -0.4 is 15.7 Å². The second kappa shape index (κ2) is 7.92. The number of nitrogens with one attached hydrogen (secondary N) is 2. The average molecular weight is 339 g/mol. The molecule has 1 fully saturated rings. The number of hydrogen-bond donors (Lipinski definition) is 3. The first-order valence-corrected chi connectivity index (χ1v) is 8.30. The van der Waals surface area contributed by atoms with Crippen molar-refractivity contribution >= 4 is 17.5 Å². The van der Waals surface area contributed by atoms with Crippen LogP contribution in [0.25, 0.3) is 0 Å². The maximum Gasteiger partial charge on any atom is 0.274 e. The van der Waals surface area contributed by atoms with Gasteiger partial charge < -0.3 is 10.2 Å². The lowest BCUT2D eigenvalue weighted by molar-refractivity contribution is -0.118. The van der Waals surface area contributed by atoms with Gasteiger partial charge in [0.15, 0.2) is 0 Å². The monoisotopic (exact) mass is 339 g/mol. The van der Waals surface area contributed by atoms with E-state index in [0.717, 1.165) is 30.8 Å². The van der Waals surface area contributed by atoms with Crippen molar-refractivity contribution < 1.29 is 14.8 Å². The van der Waals surface area contributed by atoms with E-state index in [9.17, 15) is 9.59 Å². The van der Waals surface area contributed by atoms with Crippen LogP contribution in [0, 0.1) is 0 Å². The molecule has 1 heterocycles. The maximum absolute atomic E-state index is 13.0. The molecule has 0 saturated carbocycles. The molecular formula is C19H21N3O3. The molecular weight excluding hydrogens is 318 g/mol. The summed E-state index contributed by atoms with van der Waals surface area (Å²) < 4.78 is 0. The molecule has 1 aliphatic rings. The third kappa shape index (κ3) is 4.04. The Bertz CT molecular complexity index is 725. The van der Waals surface area contributed by atoms with Gasteiger partial charge in [0.25, 0.3) is 5.91 Å². The van der Waals surface area contributed by atoms with Gasteiger partial charge in [-0.05, 0) is 42.8 Å². The Kier molecular flexibility index (Phi) is 5.42. The number of benzene rings is 2. The number of carbonyl (C=O) groups is 2. The van der Waals surface area contributed by atoms with E-state index in [1.807, 2.05) is 35.2 Å². The van der Waals surface area contributed by atoms with Crippen LogP contribution in [0.1, 0.15) is 22.3 Å². The number of hydroxylamine groups is 1. The molecule has 2 amide bonds. The van der Waals surface area contributed by atoms with Crippen LogP contribution in [0.5, 0.6) is 0 Å². The van der Waals surface area contributed by atoms with E-state index in [0.29, 0.717) is 12.0 Å². The van der Waals surface area contributed by atoms with Crippen molar-refractivity contribution in [3.05, 3.63) is 65.7 Å². The van der Waals surface area contributed by atoms with Crippen molar-refractivity contribution in [3.8, 4) is 0 Å². The molecule has 6 nitrogen and oxygen atoms in total. The van der Waals surface area contributed by atoms with E-state index in [1.165, 1.54) is 0 Å². The minimum absolute atomic E-state index is 0.0271. The van der Waals surface area contributed by atoms with Gasteiger partial charge in [-0.15, -0.1) is 0 Å². The zero-order valence-corrected chi connectivity index (χ0v) is 13.8. The maximum atomic E-state index is 13.0. The number of hydrogen-bond acceptors (Lipinski definition) is 4. The van der Waals surface area contributed by atoms with Gasteiger partial charge in [0, 0.05) is 17.8 Å². The predicted octanol–water partition coefficient (Wildman–Crippen LogP) is 1.74. The Morgan fingerprint density at radius 3 is 2.44 bits per heavy atom. The summed E-state index contributed by atoms with van der Waals surface area (Å²) in [5.74, 6) is -0.546. The van der Waals surface area contributed by atoms with Crippen molar-refractivity contribution in [1.29, 1.82) is 0 Å². The minimum atomic E-state index is -0.573. The summed E-state index contributed by atoms with van der Waals surface area (Å²) in [4.78, 5) is 26.2. The smallest absolute Gasteiger partial charge is 0.274 e. The van der Waals surface area contributed by atoms with Crippen LogP contribution in [0.2, 0.25) is 0 Å². The van der Waals surface area contributed by atoms with Gasteiger partial charge in [-0.3, -0.25) is 14.8 Å². The SMILES string of the molecule is O=C(NO)c1ccc(N(C(=O)Cc2ccccc2)C2CCNC2)cc1. The lowest BCUT2D eigenvalue weighted by atomic mass is 10.1. The van der Waals surface area contributed by atoms with Crippen LogP contribution in [-0.4, -0.2) is 36.2 Å². The lowest BCUT2D eigenvalue weighted by Gasteiger charge is -2.29. The highest BCUT2D eigenvalue weighted by Gasteiger charge is 2.28. The lowest BCUT2D eigenvalue weighted by Crippen LogP contribution is -2.42. The average Bonchev–Trinajstić information content (AvgIpc) is 3.17. The van der Waals surface area contributed by atoms with E-state index in [1.54, 1.807) is 29.7 Å². The first kappa shape index (κ1) is 17.1. The molecule has 0 aromatic heterocycles. The third-order valence-electron chi connectivity index (χ3n) is 4.38. The third-order valence-corrected chi connectivity index (χ3v) is 4.38. The Morgan fingerprint density at radius 1 is 1.12 bits per heavy atom. The number of amides is 2. The normalized spacial score (nSPS) is 16.4. The molecule has 0 aliphatic carbocycles. The topological polar surface area (TPSA) is 81.7 Å². The Balaban J connectivity index is 1.84. The van der Waals surface area contributed by atoms with Crippen LogP contribution in [0.4, 0.5) is 5.69 Å². The van der Waals surface area contributed by atoms with Crippen molar-refractivity contribution in [2.24, 2.45) is 0 Å². The molecule has 130 valence electrons. The highest BCUT2D eigenvalue weighted by atomic mass is 16.5. The molecule has 1 aliphatic heterocycles. The minimum Gasteiger partial charge on any atom is -0.315 e. The van der Waals surface area contributed by atoms with Crippen LogP contribution in [0.15, 0.2) is 54.6 Å². The van der Waals surface area contributed by atoms with Gasteiger partial charge in [-0.25, -0.2) is 5.48 Å². The fourth-order valence-electron chi connectivity index (χ4n) is 3.11. The van der Waals surface area contributed by atoms with Gasteiger partial charge in [0.1, 0.15) is 0 Å². The highest BCUT2D eigenvalue weighted by Crippen LogP contribution is 2.22. The van der Waals surface area contributed by atoms with Crippen LogP contribution >= 0.6 is 0 Å². The zero-order chi connectivity index (χ0) is 17.6. The molecule has 0 spiro atoms. The van der Waals surface area contributed by atoms with Gasteiger partial charge in [0.2, 0.25) is 5.91 Å². The molecule has 2 aromatic rings. The van der Waals surface area contributed by atoms with Crippen LogP contribution in [-0.2, 0) is 11.2 Å². The first-order chi connectivity index (χ1) is 12.2. The fraction of sp³-hybridized carbons (Fsp3) is 0.263. The summed E-state index contributed by atoms with van der Waals surface area (Å²) in [7, 11) is 0. The molecule has 0 radical (unpaired) electrons. The second-order valence-corrected chi connectivity index (χ2v) is 6.06. The quantitative estimate of drug-likeness (QED) is 0.572. The van der Waals surface area contributed by atoms with Gasteiger partial charge in [0.05, 0.1) is 12.5 Å². The number of anilines is 1. The molecule has 3 rings (SSSR count). The predicted molar refractivity (Wildman–Crippen MR) is 94.6 cm³/mol. The summed E-state index contributed by atoms with van der Waals surface area (Å²) in [6.45, 7) is 1.63. The van der Waals surface area contributed by atoms with Gasteiger partial charge >= 0.3 is 0 Å². The molecule has 3 N–H and O–H groups in total. The Labute approximate surface area is 146 Å². The van der Waals surface area contributed by atoms with Crippen molar-refractivity contribution in [3.63, 3.8) is 0 Å². The van der Waals surface area contributed by atoms with E-state index >= 15 is 0 Å². The molecule has 1 atom stereocenters. The van der Waals surface area contributed by atoms with Crippen molar-refractivity contribution in [2.45, 2.75) is 18.9 Å². The Morgan fingerprint density at radius 2 is 1.84 bits per heavy atom. The number of carbonyl (C=O) groups excluding carboxylic acids is 2. The van der Waals surface area contributed by atoms with Crippen molar-refractivity contribution in [1.82, 2.24) is 10.8 Å². The molecule has 6 heteroatoms. The van der Waals surface area contributed by atoms with E-state index in [-0.39, 0.29) is 11.9 Å². The van der Waals surface area contributed by atoms with Gasteiger partial charge in [-0.2, -0.15) is 0 Å². The van der Waals surface area contributed by atoms with E-state index < -0.39 is 5.91 Å². The molecule has 2 aromatic carbocycles. The largest absolute Gasteiger partial charge is 0.315 e. The fourth-order valence-corrected chi connectivity index (χ4v) is 3.11. The number of rotatable bonds is 5. The highest BCUT2D eigenvalue weighted by molar-refractivity contribution is 5.97. The number of nitrogens with zero attached hydrogens (tertiary/aromatic N) is 1. The standard InChI is InChI=1S/C19H21N3O3/c23-18(12-14-4-2-1-3-5-14)22(17-10-11-20-13-17)16-8-6-15(7-9-16)19(24)21-25/h1-9,17,20,25H,10-13H2,(H,21,24). The summed E-state index contributed by atoms with van der Waals surface area (Å²) in [6, 6.07) is 16.4. The summed E-state index contributed by atoms with van der Waals surface area (Å²) in [5, 5.41) is 12.0. The first-order valence-electron chi connectivity index (χ1n) is 8.30. The van der Waals surface area contributed by atoms with E-state index in [2.05, 4.69) is 5.32 Å². The molecule has 1 unspecified atom stereocenters. The molecule has 25 heavy (non-hydrogen) atoms.